The van der Waals surface area contributed by atoms with Crippen LogP contribution >= 0.6 is 11.3 Å². The molecule has 20 heavy (non-hydrogen) atoms. The van der Waals surface area contributed by atoms with Gasteiger partial charge in [-0.2, -0.15) is 5.26 Å². The molecule has 1 aromatic carbocycles. The van der Waals surface area contributed by atoms with Crippen LogP contribution in [0.5, 0.6) is 0 Å². The van der Waals surface area contributed by atoms with Crippen molar-refractivity contribution in [1.29, 1.82) is 5.26 Å². The van der Waals surface area contributed by atoms with E-state index in [-0.39, 0.29) is 0 Å². The zero-order chi connectivity index (χ0) is 13.9. The summed E-state index contributed by atoms with van der Waals surface area (Å²) in [6.45, 7) is 3.26. The number of anilines is 1. The minimum absolute atomic E-state index is 0.696. The molecule has 3 nitrogen and oxygen atoms in total. The fraction of sp³-hybridized carbons (Fsp3) is 0.312. The van der Waals surface area contributed by atoms with Crippen molar-refractivity contribution in [2.24, 2.45) is 0 Å². The van der Waals surface area contributed by atoms with Gasteiger partial charge in [-0.1, -0.05) is 30.3 Å². The lowest BCUT2D eigenvalue weighted by Gasteiger charge is -2.23. The molecule has 1 aliphatic heterocycles. The van der Waals surface area contributed by atoms with E-state index in [9.17, 15) is 0 Å². The van der Waals surface area contributed by atoms with E-state index < -0.39 is 0 Å². The first kappa shape index (κ1) is 13.2. The van der Waals surface area contributed by atoms with Gasteiger partial charge in [0.2, 0.25) is 0 Å². The van der Waals surface area contributed by atoms with E-state index in [4.69, 9.17) is 11.0 Å². The summed E-state index contributed by atoms with van der Waals surface area (Å²) in [6.07, 6.45) is 2.09. The number of thiophene rings is 1. The molecule has 2 heterocycles. The number of nitrogens with one attached hydrogen (secondary N) is 1. The second-order valence-electron chi connectivity index (χ2n) is 5.27. The van der Waals surface area contributed by atoms with Crippen LogP contribution in [0.15, 0.2) is 30.3 Å². The molecule has 1 atom stereocenters. The van der Waals surface area contributed by atoms with Crippen LogP contribution in [0, 0.1) is 11.3 Å². The van der Waals surface area contributed by atoms with E-state index in [0.29, 0.717) is 5.00 Å². The van der Waals surface area contributed by atoms with Crippen LogP contribution in [0.4, 0.5) is 5.00 Å². The molecule has 0 saturated heterocycles. The van der Waals surface area contributed by atoms with Gasteiger partial charge in [-0.05, 0) is 11.1 Å². The average Bonchev–Trinajstić information content (AvgIpc) is 2.80. The van der Waals surface area contributed by atoms with Gasteiger partial charge in [0.05, 0.1) is 23.5 Å². The van der Waals surface area contributed by atoms with Crippen molar-refractivity contribution < 1.29 is 4.90 Å². The number of rotatable bonds is 3. The van der Waals surface area contributed by atoms with Gasteiger partial charge < -0.3 is 10.6 Å². The molecule has 0 amide bonds. The molecule has 0 aliphatic carbocycles. The number of nitriles is 1. The Balaban J connectivity index is 1.66. The molecule has 0 spiro atoms. The highest BCUT2D eigenvalue weighted by molar-refractivity contribution is 7.16. The van der Waals surface area contributed by atoms with E-state index in [1.165, 1.54) is 16.0 Å². The lowest BCUT2D eigenvalue weighted by Crippen LogP contribution is -3.11. The first-order valence-corrected chi connectivity index (χ1v) is 7.77. The smallest absolute Gasteiger partial charge is 0.113 e. The third-order valence-electron chi connectivity index (χ3n) is 3.98. The largest absolute Gasteiger partial charge is 0.389 e. The van der Waals surface area contributed by atoms with Crippen LogP contribution in [0.2, 0.25) is 0 Å². The quantitative estimate of drug-likeness (QED) is 0.895. The summed E-state index contributed by atoms with van der Waals surface area (Å²) in [4.78, 5) is 2.90. The molecule has 0 saturated carbocycles. The minimum Gasteiger partial charge on any atom is -0.389 e. The summed E-state index contributed by atoms with van der Waals surface area (Å²) in [5.74, 6) is 0. The second kappa shape index (κ2) is 5.66. The summed E-state index contributed by atoms with van der Waals surface area (Å²) in [5.41, 5.74) is 9.26. The summed E-state index contributed by atoms with van der Waals surface area (Å²) >= 11 is 1.60. The molecule has 1 unspecified atom stereocenters. The first-order valence-electron chi connectivity index (χ1n) is 6.95. The number of hydrogen-bond acceptors (Lipinski definition) is 3. The zero-order valence-corrected chi connectivity index (χ0v) is 12.2. The normalized spacial score (nSPS) is 17.4. The van der Waals surface area contributed by atoms with Crippen molar-refractivity contribution >= 4 is 16.3 Å². The Morgan fingerprint density at radius 2 is 2.10 bits per heavy atom. The third kappa shape index (κ3) is 2.55. The van der Waals surface area contributed by atoms with Gasteiger partial charge in [0.15, 0.2) is 0 Å². The molecular weight excluding hydrogens is 266 g/mol. The highest BCUT2D eigenvalue weighted by Crippen LogP contribution is 2.31. The van der Waals surface area contributed by atoms with Crippen molar-refractivity contribution in [3.05, 3.63) is 51.9 Å². The molecule has 0 fully saturated rings. The molecule has 102 valence electrons. The van der Waals surface area contributed by atoms with Crippen molar-refractivity contribution in [1.82, 2.24) is 0 Å². The number of fused-ring (bicyclic) bond motifs is 1. The highest BCUT2D eigenvalue weighted by Gasteiger charge is 2.25. The van der Waals surface area contributed by atoms with Crippen LogP contribution in [-0.2, 0) is 19.4 Å². The van der Waals surface area contributed by atoms with E-state index in [1.807, 2.05) is 0 Å². The number of nitrogen functional groups attached to an aromatic ring is 1. The van der Waals surface area contributed by atoms with E-state index >= 15 is 0 Å². The molecule has 0 radical (unpaired) electrons. The Kier molecular flexibility index (Phi) is 3.72. The first-order chi connectivity index (χ1) is 9.78. The predicted octanol–water partition coefficient (Wildman–Crippen LogP) is 1.39. The molecule has 3 rings (SSSR count). The highest BCUT2D eigenvalue weighted by atomic mass is 32.1. The van der Waals surface area contributed by atoms with E-state index in [2.05, 4.69) is 36.4 Å². The molecule has 1 aromatic heterocycles. The van der Waals surface area contributed by atoms with Crippen molar-refractivity contribution in [3.8, 4) is 6.07 Å². The van der Waals surface area contributed by atoms with Gasteiger partial charge >= 0.3 is 0 Å². The van der Waals surface area contributed by atoms with Gasteiger partial charge in [-0.15, -0.1) is 11.3 Å². The predicted molar refractivity (Wildman–Crippen MR) is 81.7 cm³/mol. The zero-order valence-electron chi connectivity index (χ0n) is 11.4. The minimum atomic E-state index is 0.696. The van der Waals surface area contributed by atoms with Crippen LogP contribution < -0.4 is 10.6 Å². The molecule has 4 heteroatoms. The summed E-state index contributed by atoms with van der Waals surface area (Å²) in [5, 5.41) is 9.85. The number of nitrogens with two attached hydrogens (primary N) is 1. The van der Waals surface area contributed by atoms with Crippen LogP contribution in [0.1, 0.15) is 21.6 Å². The Morgan fingerprint density at radius 3 is 2.85 bits per heavy atom. The van der Waals surface area contributed by atoms with Gasteiger partial charge in [0, 0.05) is 12.8 Å². The van der Waals surface area contributed by atoms with Crippen molar-refractivity contribution in [2.45, 2.75) is 19.4 Å². The second-order valence-corrected chi connectivity index (χ2v) is 6.40. The Morgan fingerprint density at radius 1 is 1.30 bits per heavy atom. The standard InChI is InChI=1S/C16H17N3S/c17-10-14-13-7-9-19(11-15(13)20-16(14)18)8-6-12-4-2-1-3-5-12/h1-5H,6-9,11,18H2/p+1. The Bertz CT molecular complexity index is 640. The van der Waals surface area contributed by atoms with Crippen molar-refractivity contribution in [3.63, 3.8) is 0 Å². The maximum atomic E-state index is 9.15. The fourth-order valence-corrected chi connectivity index (χ4v) is 4.00. The maximum Gasteiger partial charge on any atom is 0.113 e. The third-order valence-corrected chi connectivity index (χ3v) is 5.04. The molecule has 2 aromatic rings. The lowest BCUT2D eigenvalue weighted by molar-refractivity contribution is -0.915. The van der Waals surface area contributed by atoms with Gasteiger partial charge in [-0.3, -0.25) is 0 Å². The molecule has 0 bridgehead atoms. The summed E-state index contributed by atoms with van der Waals surface area (Å²) in [6, 6.07) is 12.9. The number of benzene rings is 1. The maximum absolute atomic E-state index is 9.15. The number of hydrogen-bond donors (Lipinski definition) is 2. The Hall–Kier alpha value is -1.83. The van der Waals surface area contributed by atoms with Crippen LogP contribution in [0.25, 0.3) is 0 Å². The fourth-order valence-electron chi connectivity index (χ4n) is 2.86. The lowest BCUT2D eigenvalue weighted by atomic mass is 10.0. The average molecular weight is 284 g/mol. The molecular formula is C16H18N3S+. The summed E-state index contributed by atoms with van der Waals surface area (Å²) < 4.78 is 0. The topological polar surface area (TPSA) is 54.2 Å². The molecule has 3 N–H and O–H groups in total. The molecule has 1 aliphatic rings. The van der Waals surface area contributed by atoms with Crippen molar-refractivity contribution in [2.75, 3.05) is 18.8 Å². The van der Waals surface area contributed by atoms with Crippen LogP contribution in [-0.4, -0.2) is 13.1 Å². The van der Waals surface area contributed by atoms with E-state index in [1.54, 1.807) is 16.2 Å². The van der Waals surface area contributed by atoms with Gasteiger partial charge in [0.1, 0.15) is 17.6 Å². The van der Waals surface area contributed by atoms with Crippen LogP contribution in [0.3, 0.4) is 0 Å². The van der Waals surface area contributed by atoms with Gasteiger partial charge in [-0.25, -0.2) is 0 Å². The van der Waals surface area contributed by atoms with Gasteiger partial charge in [0.25, 0.3) is 0 Å². The number of nitrogens with zero attached hydrogens (tertiary/aromatic N) is 1. The SMILES string of the molecule is N#Cc1c(N)sc2c1CC[NH+](CCc1ccccc1)C2. The number of quaternary nitrogens is 1. The Labute approximate surface area is 123 Å². The summed E-state index contributed by atoms with van der Waals surface area (Å²) in [7, 11) is 0. The van der Waals surface area contributed by atoms with E-state index in [0.717, 1.165) is 38.0 Å². The monoisotopic (exact) mass is 284 g/mol.